The Bertz CT molecular complexity index is 417. The molecule has 0 aliphatic rings. The Morgan fingerprint density at radius 3 is 3.07 bits per heavy atom. The van der Waals surface area contributed by atoms with Crippen molar-refractivity contribution in [1.82, 2.24) is 15.1 Å². The zero-order chi connectivity index (χ0) is 10.7. The van der Waals surface area contributed by atoms with Crippen molar-refractivity contribution in [2.24, 2.45) is 0 Å². The monoisotopic (exact) mass is 205 g/mol. The smallest absolute Gasteiger partial charge is 0.126 e. The van der Waals surface area contributed by atoms with Crippen molar-refractivity contribution in [2.75, 3.05) is 7.05 Å². The molecule has 4 nitrogen and oxygen atoms in total. The van der Waals surface area contributed by atoms with Crippen LogP contribution in [0.4, 0.5) is 0 Å². The van der Waals surface area contributed by atoms with Gasteiger partial charge in [0.15, 0.2) is 0 Å². The molecule has 2 rings (SSSR count). The first-order valence-electron chi connectivity index (χ1n) is 5.00. The maximum atomic E-state index is 5.70. The van der Waals surface area contributed by atoms with Gasteiger partial charge in [-0.2, -0.15) is 5.10 Å². The molecule has 0 aromatic carbocycles. The summed E-state index contributed by atoms with van der Waals surface area (Å²) in [5.74, 6) is 1.95. The Labute approximate surface area is 88.9 Å². The minimum Gasteiger partial charge on any atom is -0.462 e. The molecule has 1 N–H and O–H groups in total. The largest absolute Gasteiger partial charge is 0.462 e. The standard InChI is InChI=1S/C11H15N3O/c1-9-6-10(15-11(9)7-12-2)8-14-5-3-4-13-14/h3-6,12H,7-8H2,1-2H3. The lowest BCUT2D eigenvalue weighted by Gasteiger charge is -1.97. The summed E-state index contributed by atoms with van der Waals surface area (Å²) in [6, 6.07) is 3.97. The molecule has 0 radical (unpaired) electrons. The molecule has 0 saturated carbocycles. The molecule has 0 aliphatic heterocycles. The zero-order valence-corrected chi connectivity index (χ0v) is 9.03. The van der Waals surface area contributed by atoms with Crippen LogP contribution < -0.4 is 5.32 Å². The van der Waals surface area contributed by atoms with E-state index in [1.807, 2.05) is 24.0 Å². The molecule has 0 aliphatic carbocycles. The highest BCUT2D eigenvalue weighted by atomic mass is 16.3. The normalized spacial score (nSPS) is 10.8. The molecular weight excluding hydrogens is 190 g/mol. The van der Waals surface area contributed by atoms with Gasteiger partial charge in [0.1, 0.15) is 11.5 Å². The average Bonchev–Trinajstić information content (AvgIpc) is 2.79. The van der Waals surface area contributed by atoms with Crippen molar-refractivity contribution in [3.8, 4) is 0 Å². The van der Waals surface area contributed by atoms with E-state index in [1.54, 1.807) is 6.20 Å². The Hall–Kier alpha value is -1.55. The van der Waals surface area contributed by atoms with Crippen LogP contribution in [0.25, 0.3) is 0 Å². The van der Waals surface area contributed by atoms with Crippen LogP contribution in [0.2, 0.25) is 0 Å². The van der Waals surface area contributed by atoms with Gasteiger partial charge in [0.2, 0.25) is 0 Å². The SMILES string of the molecule is CNCc1oc(Cn2cccn2)cc1C. The predicted octanol–water partition coefficient (Wildman–Crippen LogP) is 1.55. The van der Waals surface area contributed by atoms with Crippen LogP contribution >= 0.6 is 0 Å². The number of rotatable bonds is 4. The molecule has 0 amide bonds. The molecule has 0 saturated heterocycles. The third kappa shape index (κ3) is 2.27. The summed E-state index contributed by atoms with van der Waals surface area (Å²) < 4.78 is 7.55. The average molecular weight is 205 g/mol. The maximum absolute atomic E-state index is 5.70. The molecule has 4 heteroatoms. The summed E-state index contributed by atoms with van der Waals surface area (Å²) in [4.78, 5) is 0. The first-order valence-corrected chi connectivity index (χ1v) is 5.00. The summed E-state index contributed by atoms with van der Waals surface area (Å²) in [5.41, 5.74) is 1.19. The van der Waals surface area contributed by atoms with E-state index in [-0.39, 0.29) is 0 Å². The highest BCUT2D eigenvalue weighted by Crippen LogP contribution is 2.15. The maximum Gasteiger partial charge on any atom is 0.126 e. The Kier molecular flexibility index (Phi) is 2.87. The Balaban J connectivity index is 2.12. The summed E-state index contributed by atoms with van der Waals surface area (Å²) in [6.07, 6.45) is 3.69. The predicted molar refractivity (Wildman–Crippen MR) is 57.5 cm³/mol. The van der Waals surface area contributed by atoms with Gasteiger partial charge in [-0.3, -0.25) is 4.68 Å². The fourth-order valence-electron chi connectivity index (χ4n) is 1.56. The molecule has 2 aromatic rings. The minimum atomic E-state index is 0.692. The second kappa shape index (κ2) is 4.31. The fraction of sp³-hybridized carbons (Fsp3) is 0.364. The van der Waals surface area contributed by atoms with Crippen molar-refractivity contribution in [2.45, 2.75) is 20.0 Å². The first-order chi connectivity index (χ1) is 7.29. The van der Waals surface area contributed by atoms with E-state index < -0.39 is 0 Å². The number of furan rings is 1. The van der Waals surface area contributed by atoms with E-state index in [1.165, 1.54) is 5.56 Å². The van der Waals surface area contributed by atoms with E-state index in [2.05, 4.69) is 23.4 Å². The Morgan fingerprint density at radius 1 is 1.53 bits per heavy atom. The van der Waals surface area contributed by atoms with Crippen LogP contribution in [0.1, 0.15) is 17.1 Å². The van der Waals surface area contributed by atoms with Crippen LogP contribution in [0.15, 0.2) is 28.9 Å². The molecule has 0 unspecified atom stereocenters. The van der Waals surface area contributed by atoms with Crippen LogP contribution in [-0.2, 0) is 13.1 Å². The van der Waals surface area contributed by atoms with Crippen molar-refractivity contribution in [3.05, 3.63) is 41.6 Å². The van der Waals surface area contributed by atoms with Gasteiger partial charge < -0.3 is 9.73 Å². The highest BCUT2D eigenvalue weighted by Gasteiger charge is 2.06. The van der Waals surface area contributed by atoms with Crippen molar-refractivity contribution < 1.29 is 4.42 Å². The van der Waals surface area contributed by atoms with Gasteiger partial charge in [0.05, 0.1) is 13.1 Å². The molecular formula is C11H15N3O. The molecule has 0 fully saturated rings. The molecule has 2 aromatic heterocycles. The van der Waals surface area contributed by atoms with E-state index in [9.17, 15) is 0 Å². The lowest BCUT2D eigenvalue weighted by Crippen LogP contribution is -2.04. The second-order valence-corrected chi connectivity index (χ2v) is 3.55. The lowest BCUT2D eigenvalue weighted by atomic mass is 10.2. The Morgan fingerprint density at radius 2 is 2.40 bits per heavy atom. The molecule has 15 heavy (non-hydrogen) atoms. The fourth-order valence-corrected chi connectivity index (χ4v) is 1.56. The third-order valence-corrected chi connectivity index (χ3v) is 2.29. The highest BCUT2D eigenvalue weighted by molar-refractivity contribution is 5.20. The van der Waals surface area contributed by atoms with Gasteiger partial charge in [0.25, 0.3) is 0 Å². The summed E-state index contributed by atoms with van der Waals surface area (Å²) in [5, 5.41) is 7.22. The van der Waals surface area contributed by atoms with Crippen LogP contribution in [0, 0.1) is 6.92 Å². The van der Waals surface area contributed by atoms with Crippen molar-refractivity contribution >= 4 is 0 Å². The number of aromatic nitrogens is 2. The molecule has 0 spiro atoms. The van der Waals surface area contributed by atoms with Gasteiger partial charge in [-0.15, -0.1) is 0 Å². The van der Waals surface area contributed by atoms with Crippen LogP contribution in [-0.4, -0.2) is 16.8 Å². The third-order valence-electron chi connectivity index (χ3n) is 2.29. The molecule has 80 valence electrons. The number of nitrogens with one attached hydrogen (secondary N) is 1. The summed E-state index contributed by atoms with van der Waals surface area (Å²) in [7, 11) is 1.91. The molecule has 2 heterocycles. The van der Waals surface area contributed by atoms with E-state index >= 15 is 0 Å². The number of hydrogen-bond acceptors (Lipinski definition) is 3. The van der Waals surface area contributed by atoms with E-state index in [0.29, 0.717) is 6.54 Å². The van der Waals surface area contributed by atoms with Gasteiger partial charge >= 0.3 is 0 Å². The lowest BCUT2D eigenvalue weighted by molar-refractivity contribution is 0.435. The second-order valence-electron chi connectivity index (χ2n) is 3.55. The van der Waals surface area contributed by atoms with E-state index in [4.69, 9.17) is 4.42 Å². The quantitative estimate of drug-likeness (QED) is 0.823. The topological polar surface area (TPSA) is 43.0 Å². The molecule has 0 bridgehead atoms. The van der Waals surface area contributed by atoms with E-state index in [0.717, 1.165) is 18.1 Å². The van der Waals surface area contributed by atoms with Crippen LogP contribution in [0.3, 0.4) is 0 Å². The van der Waals surface area contributed by atoms with Gasteiger partial charge in [-0.1, -0.05) is 0 Å². The van der Waals surface area contributed by atoms with Gasteiger partial charge in [-0.05, 0) is 31.7 Å². The first kappa shape index (κ1) is 9.98. The minimum absolute atomic E-state index is 0.692. The number of hydrogen-bond donors (Lipinski definition) is 1. The zero-order valence-electron chi connectivity index (χ0n) is 9.03. The van der Waals surface area contributed by atoms with Crippen molar-refractivity contribution in [3.63, 3.8) is 0 Å². The van der Waals surface area contributed by atoms with Gasteiger partial charge in [0, 0.05) is 12.4 Å². The summed E-state index contributed by atoms with van der Waals surface area (Å²) >= 11 is 0. The van der Waals surface area contributed by atoms with Gasteiger partial charge in [-0.25, -0.2) is 0 Å². The summed E-state index contributed by atoms with van der Waals surface area (Å²) in [6.45, 7) is 3.52. The van der Waals surface area contributed by atoms with Crippen LogP contribution in [0.5, 0.6) is 0 Å². The van der Waals surface area contributed by atoms with Crippen molar-refractivity contribution in [1.29, 1.82) is 0 Å². The number of aryl methyl sites for hydroxylation is 1. The molecule has 0 atom stereocenters. The number of nitrogens with zero attached hydrogens (tertiary/aromatic N) is 2.